The Bertz CT molecular complexity index is 1370. The number of aryl methyl sites for hydroxylation is 2. The second-order valence-corrected chi connectivity index (χ2v) is 10.6. The molecular weight excluding hydrogens is 456 g/mol. The molecule has 0 unspecified atom stereocenters. The van der Waals surface area contributed by atoms with E-state index < -0.39 is 16.0 Å². The van der Waals surface area contributed by atoms with E-state index in [1.165, 1.54) is 35.7 Å². The van der Waals surface area contributed by atoms with Crippen LogP contribution in [0, 0.1) is 13.8 Å². The lowest BCUT2D eigenvalue weighted by molar-refractivity contribution is 0.0600. The average molecular weight is 485 g/mol. The predicted octanol–water partition coefficient (Wildman–Crippen LogP) is 3.30. The van der Waals surface area contributed by atoms with Crippen LogP contribution in [0.3, 0.4) is 0 Å². The molecule has 1 fully saturated rings. The molecule has 9 heteroatoms. The number of benzene rings is 2. The Morgan fingerprint density at radius 2 is 1.91 bits per heavy atom. The van der Waals surface area contributed by atoms with E-state index in [1.54, 1.807) is 6.07 Å². The molecule has 0 radical (unpaired) electrons. The molecule has 0 aliphatic carbocycles. The zero-order valence-corrected chi connectivity index (χ0v) is 20.3. The molecule has 0 spiro atoms. The fourth-order valence-corrected chi connectivity index (χ4v) is 5.77. The van der Waals surface area contributed by atoms with Crippen LogP contribution >= 0.6 is 0 Å². The SMILES string of the molecule is COC(=O)c1ccc(S(=O)(=O)N(Cc2cc3c(C)cc(C)cc3[nH]c2=O)C[C@H]2CCCO2)cc1. The van der Waals surface area contributed by atoms with Gasteiger partial charge in [0.2, 0.25) is 10.0 Å². The molecule has 1 atom stereocenters. The van der Waals surface area contributed by atoms with Crippen molar-refractivity contribution >= 4 is 26.9 Å². The number of carbonyl (C=O) groups excluding carboxylic acids is 1. The van der Waals surface area contributed by atoms with E-state index in [4.69, 9.17) is 4.74 Å². The number of pyridine rings is 1. The summed E-state index contributed by atoms with van der Waals surface area (Å²) < 4.78 is 38.9. The molecule has 1 aliphatic rings. The highest BCUT2D eigenvalue weighted by molar-refractivity contribution is 7.89. The van der Waals surface area contributed by atoms with Crippen LogP contribution in [0.15, 0.2) is 52.2 Å². The Labute approximate surface area is 198 Å². The number of hydrogen-bond acceptors (Lipinski definition) is 6. The van der Waals surface area contributed by atoms with Gasteiger partial charge >= 0.3 is 5.97 Å². The van der Waals surface area contributed by atoms with Crippen LogP contribution in [0.4, 0.5) is 0 Å². The Kier molecular flexibility index (Phi) is 6.88. The molecule has 180 valence electrons. The summed E-state index contributed by atoms with van der Waals surface area (Å²) in [5.74, 6) is -0.548. The number of H-pyrrole nitrogens is 1. The molecule has 3 aromatic rings. The summed E-state index contributed by atoms with van der Waals surface area (Å²) in [5.41, 5.74) is 3.03. The van der Waals surface area contributed by atoms with E-state index in [0.717, 1.165) is 34.9 Å². The van der Waals surface area contributed by atoms with Crippen LogP contribution in [0.2, 0.25) is 0 Å². The monoisotopic (exact) mass is 484 g/mol. The Morgan fingerprint density at radius 3 is 2.56 bits per heavy atom. The highest BCUT2D eigenvalue weighted by atomic mass is 32.2. The minimum absolute atomic E-state index is 0.0298. The quantitative estimate of drug-likeness (QED) is 0.516. The third-order valence-electron chi connectivity index (χ3n) is 6.08. The van der Waals surface area contributed by atoms with Crippen molar-refractivity contribution in [3.05, 3.63) is 75.1 Å². The second-order valence-electron chi connectivity index (χ2n) is 8.62. The number of carbonyl (C=O) groups is 1. The largest absolute Gasteiger partial charge is 0.465 e. The van der Waals surface area contributed by atoms with Gasteiger partial charge in [-0.15, -0.1) is 0 Å². The average Bonchev–Trinajstić information content (AvgIpc) is 3.32. The first-order valence-electron chi connectivity index (χ1n) is 11.1. The maximum atomic E-state index is 13.6. The van der Waals surface area contributed by atoms with Gasteiger partial charge in [0.15, 0.2) is 0 Å². The van der Waals surface area contributed by atoms with Crippen molar-refractivity contribution in [2.24, 2.45) is 0 Å². The number of aromatic amines is 1. The highest BCUT2D eigenvalue weighted by Crippen LogP contribution is 2.24. The molecule has 1 aliphatic heterocycles. The first-order valence-corrected chi connectivity index (χ1v) is 12.6. The third-order valence-corrected chi connectivity index (χ3v) is 7.91. The molecule has 2 heterocycles. The minimum atomic E-state index is -3.97. The summed E-state index contributed by atoms with van der Waals surface area (Å²) in [6.07, 6.45) is 1.37. The van der Waals surface area contributed by atoms with Gasteiger partial charge < -0.3 is 14.5 Å². The van der Waals surface area contributed by atoms with Crippen molar-refractivity contribution in [1.82, 2.24) is 9.29 Å². The van der Waals surface area contributed by atoms with Gasteiger partial charge in [-0.25, -0.2) is 13.2 Å². The first-order chi connectivity index (χ1) is 16.2. The number of esters is 1. The second kappa shape index (κ2) is 9.69. The molecular formula is C25H28N2O6S. The number of nitrogens with one attached hydrogen (secondary N) is 1. The predicted molar refractivity (Wildman–Crippen MR) is 128 cm³/mol. The molecule has 2 aromatic carbocycles. The van der Waals surface area contributed by atoms with Crippen molar-refractivity contribution < 1.29 is 22.7 Å². The summed E-state index contributed by atoms with van der Waals surface area (Å²) >= 11 is 0. The van der Waals surface area contributed by atoms with Gasteiger partial charge in [-0.3, -0.25) is 4.79 Å². The highest BCUT2D eigenvalue weighted by Gasteiger charge is 2.30. The van der Waals surface area contributed by atoms with Crippen LogP contribution in [-0.2, 0) is 26.0 Å². The van der Waals surface area contributed by atoms with E-state index in [-0.39, 0.29) is 35.2 Å². The molecule has 0 saturated carbocycles. The summed E-state index contributed by atoms with van der Waals surface area (Å²) in [6, 6.07) is 11.3. The standard InChI is InChI=1S/C25H28N2O6S/c1-16-11-17(2)22-13-19(24(28)26-23(22)12-16)14-27(15-20-5-4-10-33-20)34(30,31)21-8-6-18(7-9-21)25(29)32-3/h6-9,11-13,20H,4-5,10,14-15H2,1-3H3,(H,26,28)/t20-/m1/s1. The lowest BCUT2D eigenvalue weighted by Crippen LogP contribution is -2.38. The van der Waals surface area contributed by atoms with Crippen LogP contribution in [-0.4, -0.2) is 50.0 Å². The van der Waals surface area contributed by atoms with Crippen LogP contribution in [0.1, 0.15) is 39.9 Å². The maximum Gasteiger partial charge on any atom is 0.337 e. The van der Waals surface area contributed by atoms with Gasteiger partial charge in [0.1, 0.15) is 0 Å². The number of rotatable bonds is 7. The van der Waals surface area contributed by atoms with Gasteiger partial charge in [-0.05, 0) is 74.2 Å². The lowest BCUT2D eigenvalue weighted by atomic mass is 10.0. The normalized spacial score (nSPS) is 16.3. The Hall–Kier alpha value is -3.01. The van der Waals surface area contributed by atoms with Crippen molar-refractivity contribution in [3.63, 3.8) is 0 Å². The summed E-state index contributed by atoms with van der Waals surface area (Å²) in [7, 11) is -2.71. The van der Waals surface area contributed by atoms with Crippen molar-refractivity contribution in [1.29, 1.82) is 0 Å². The molecule has 0 bridgehead atoms. The summed E-state index contributed by atoms with van der Waals surface area (Å²) in [5, 5.41) is 0.872. The van der Waals surface area contributed by atoms with Gasteiger partial charge in [0.25, 0.3) is 5.56 Å². The van der Waals surface area contributed by atoms with Gasteiger partial charge in [-0.1, -0.05) is 6.07 Å². The summed E-state index contributed by atoms with van der Waals surface area (Å²) in [6.45, 7) is 4.54. The Morgan fingerprint density at radius 1 is 1.18 bits per heavy atom. The number of aromatic nitrogens is 1. The van der Waals surface area contributed by atoms with Gasteiger partial charge in [0.05, 0.1) is 23.7 Å². The zero-order chi connectivity index (χ0) is 24.5. The third kappa shape index (κ3) is 4.91. The fraction of sp³-hybridized carbons (Fsp3) is 0.360. The van der Waals surface area contributed by atoms with Crippen molar-refractivity contribution in [2.75, 3.05) is 20.3 Å². The molecule has 34 heavy (non-hydrogen) atoms. The topological polar surface area (TPSA) is 106 Å². The number of methoxy groups -OCH3 is 1. The summed E-state index contributed by atoms with van der Waals surface area (Å²) in [4.78, 5) is 27.5. The molecule has 8 nitrogen and oxygen atoms in total. The van der Waals surface area contributed by atoms with E-state index >= 15 is 0 Å². The maximum absolute atomic E-state index is 13.6. The number of ether oxygens (including phenoxy) is 2. The number of sulfonamides is 1. The fourth-order valence-electron chi connectivity index (χ4n) is 4.32. The molecule has 4 rings (SSSR count). The van der Waals surface area contributed by atoms with Crippen LogP contribution in [0.25, 0.3) is 10.9 Å². The van der Waals surface area contributed by atoms with Crippen molar-refractivity contribution in [3.8, 4) is 0 Å². The number of hydrogen-bond donors (Lipinski definition) is 1. The molecule has 0 amide bonds. The molecule has 1 N–H and O–H groups in total. The minimum Gasteiger partial charge on any atom is -0.465 e. The van der Waals surface area contributed by atoms with E-state index in [9.17, 15) is 18.0 Å². The van der Waals surface area contributed by atoms with Crippen molar-refractivity contribution in [2.45, 2.75) is 44.2 Å². The molecule has 1 saturated heterocycles. The molecule has 1 aromatic heterocycles. The van der Waals surface area contributed by atoms with Gasteiger partial charge in [-0.2, -0.15) is 4.31 Å². The lowest BCUT2D eigenvalue weighted by Gasteiger charge is -2.25. The number of nitrogens with zero attached hydrogens (tertiary/aromatic N) is 1. The zero-order valence-electron chi connectivity index (χ0n) is 19.5. The van der Waals surface area contributed by atoms with Crippen LogP contribution < -0.4 is 5.56 Å². The van der Waals surface area contributed by atoms with Gasteiger partial charge in [0, 0.05) is 36.2 Å². The smallest absolute Gasteiger partial charge is 0.337 e. The van der Waals surface area contributed by atoms with Crippen LogP contribution in [0.5, 0.6) is 0 Å². The first kappa shape index (κ1) is 24.1. The van der Waals surface area contributed by atoms with E-state index in [1.807, 2.05) is 26.0 Å². The Balaban J connectivity index is 1.72. The van der Waals surface area contributed by atoms with E-state index in [0.29, 0.717) is 12.2 Å². The van der Waals surface area contributed by atoms with E-state index in [2.05, 4.69) is 9.72 Å². The number of fused-ring (bicyclic) bond motifs is 1.